The Morgan fingerprint density at radius 1 is 1.21 bits per heavy atom. The lowest BCUT2D eigenvalue weighted by molar-refractivity contribution is -0.123. The Labute approximate surface area is 113 Å². The van der Waals surface area contributed by atoms with Gasteiger partial charge in [0.2, 0.25) is 5.91 Å². The fourth-order valence-corrected chi connectivity index (χ4v) is 2.21. The van der Waals surface area contributed by atoms with Crippen LogP contribution in [0.15, 0.2) is 42.5 Å². The number of fused-ring (bicyclic) bond motifs is 1. The van der Waals surface area contributed by atoms with Crippen LogP contribution in [0.1, 0.15) is 31.9 Å². The minimum absolute atomic E-state index is 0.0452. The molecule has 0 heterocycles. The third-order valence-corrected chi connectivity index (χ3v) is 3.43. The molecule has 0 bridgehead atoms. The Kier molecular flexibility index (Phi) is 4.17. The van der Waals surface area contributed by atoms with Gasteiger partial charge in [-0.1, -0.05) is 49.4 Å². The van der Waals surface area contributed by atoms with E-state index in [0.717, 1.165) is 5.56 Å². The van der Waals surface area contributed by atoms with Gasteiger partial charge < -0.3 is 11.1 Å². The molecule has 0 aliphatic carbocycles. The summed E-state index contributed by atoms with van der Waals surface area (Å²) < 4.78 is 0. The van der Waals surface area contributed by atoms with Crippen molar-refractivity contribution in [3.05, 3.63) is 48.0 Å². The highest BCUT2D eigenvalue weighted by molar-refractivity contribution is 5.87. The zero-order chi connectivity index (χ0) is 13.8. The standard InChI is InChI=1S/C16H20N2O/c1-3-15(17)16(19)18-11(2)13-10-6-8-12-7-4-5-9-14(12)13/h4-11,15H,3,17H2,1-2H3,(H,18,19). The molecule has 2 atom stereocenters. The van der Waals surface area contributed by atoms with Gasteiger partial charge in [-0.2, -0.15) is 0 Å². The van der Waals surface area contributed by atoms with Crippen molar-refractivity contribution in [3.8, 4) is 0 Å². The minimum Gasteiger partial charge on any atom is -0.348 e. The Balaban J connectivity index is 2.27. The largest absolute Gasteiger partial charge is 0.348 e. The molecule has 0 aliphatic heterocycles. The van der Waals surface area contributed by atoms with Gasteiger partial charge >= 0.3 is 0 Å². The van der Waals surface area contributed by atoms with E-state index in [-0.39, 0.29) is 11.9 Å². The van der Waals surface area contributed by atoms with Crippen LogP contribution in [0.2, 0.25) is 0 Å². The predicted octanol–water partition coefficient (Wildman–Crippen LogP) is 2.75. The second-order valence-electron chi connectivity index (χ2n) is 4.81. The molecule has 3 N–H and O–H groups in total. The van der Waals surface area contributed by atoms with E-state index in [9.17, 15) is 4.79 Å². The average Bonchev–Trinajstić information content (AvgIpc) is 2.45. The van der Waals surface area contributed by atoms with Gasteiger partial charge in [0, 0.05) is 0 Å². The van der Waals surface area contributed by atoms with Crippen LogP contribution in [0.4, 0.5) is 0 Å². The van der Waals surface area contributed by atoms with Gasteiger partial charge in [-0.15, -0.1) is 0 Å². The average molecular weight is 256 g/mol. The van der Waals surface area contributed by atoms with E-state index >= 15 is 0 Å². The van der Waals surface area contributed by atoms with Crippen molar-refractivity contribution in [1.82, 2.24) is 5.32 Å². The van der Waals surface area contributed by atoms with E-state index in [2.05, 4.69) is 23.5 Å². The third kappa shape index (κ3) is 2.93. The molecule has 3 nitrogen and oxygen atoms in total. The molecule has 2 aromatic carbocycles. The molecule has 0 saturated carbocycles. The summed E-state index contributed by atoms with van der Waals surface area (Å²) in [5.41, 5.74) is 6.86. The highest BCUT2D eigenvalue weighted by Crippen LogP contribution is 2.23. The van der Waals surface area contributed by atoms with Crippen LogP contribution in [0.25, 0.3) is 10.8 Å². The summed E-state index contributed by atoms with van der Waals surface area (Å²) in [6, 6.07) is 13.8. The lowest BCUT2D eigenvalue weighted by Crippen LogP contribution is -2.41. The van der Waals surface area contributed by atoms with Gasteiger partial charge in [0.15, 0.2) is 0 Å². The highest BCUT2D eigenvalue weighted by atomic mass is 16.2. The van der Waals surface area contributed by atoms with E-state index in [0.29, 0.717) is 6.42 Å². The van der Waals surface area contributed by atoms with Gasteiger partial charge in [0.25, 0.3) is 0 Å². The maximum absolute atomic E-state index is 11.9. The number of rotatable bonds is 4. The molecule has 2 unspecified atom stereocenters. The van der Waals surface area contributed by atoms with Crippen LogP contribution in [-0.2, 0) is 4.79 Å². The minimum atomic E-state index is -0.433. The van der Waals surface area contributed by atoms with Crippen LogP contribution in [-0.4, -0.2) is 11.9 Å². The quantitative estimate of drug-likeness (QED) is 0.883. The summed E-state index contributed by atoms with van der Waals surface area (Å²) in [5, 5.41) is 5.33. The zero-order valence-corrected chi connectivity index (χ0v) is 11.4. The molecule has 0 fully saturated rings. The molecule has 100 valence electrons. The summed E-state index contributed by atoms with van der Waals surface area (Å²) in [4.78, 5) is 11.9. The molecule has 0 spiro atoms. The molecular weight excluding hydrogens is 236 g/mol. The number of hydrogen-bond acceptors (Lipinski definition) is 2. The first-order valence-corrected chi connectivity index (χ1v) is 6.67. The molecule has 19 heavy (non-hydrogen) atoms. The van der Waals surface area contributed by atoms with Crippen molar-refractivity contribution in [2.24, 2.45) is 5.73 Å². The van der Waals surface area contributed by atoms with Crippen LogP contribution in [0, 0.1) is 0 Å². The first-order chi connectivity index (χ1) is 9.13. The molecule has 0 radical (unpaired) electrons. The summed E-state index contributed by atoms with van der Waals surface area (Å²) in [6.45, 7) is 3.90. The fourth-order valence-electron chi connectivity index (χ4n) is 2.21. The molecule has 3 heteroatoms. The van der Waals surface area contributed by atoms with E-state index in [1.165, 1.54) is 10.8 Å². The van der Waals surface area contributed by atoms with Crippen molar-refractivity contribution in [2.75, 3.05) is 0 Å². The van der Waals surface area contributed by atoms with E-state index in [1.54, 1.807) is 0 Å². The van der Waals surface area contributed by atoms with Crippen LogP contribution in [0.3, 0.4) is 0 Å². The first-order valence-electron chi connectivity index (χ1n) is 6.67. The van der Waals surface area contributed by atoms with Crippen molar-refractivity contribution in [1.29, 1.82) is 0 Å². The molecule has 0 saturated heterocycles. The van der Waals surface area contributed by atoms with E-state index in [4.69, 9.17) is 5.73 Å². The lowest BCUT2D eigenvalue weighted by Gasteiger charge is -2.18. The fraction of sp³-hybridized carbons (Fsp3) is 0.312. The second kappa shape index (κ2) is 5.85. The van der Waals surface area contributed by atoms with Gasteiger partial charge in [-0.3, -0.25) is 4.79 Å². The Morgan fingerprint density at radius 3 is 2.63 bits per heavy atom. The lowest BCUT2D eigenvalue weighted by atomic mass is 9.99. The Morgan fingerprint density at radius 2 is 1.89 bits per heavy atom. The highest BCUT2D eigenvalue weighted by Gasteiger charge is 2.16. The van der Waals surface area contributed by atoms with Crippen LogP contribution < -0.4 is 11.1 Å². The molecule has 2 aromatic rings. The molecular formula is C16H20N2O. The number of benzene rings is 2. The van der Waals surface area contributed by atoms with Crippen molar-refractivity contribution >= 4 is 16.7 Å². The maximum atomic E-state index is 11.9. The summed E-state index contributed by atoms with van der Waals surface area (Å²) >= 11 is 0. The number of nitrogens with two attached hydrogens (primary N) is 1. The van der Waals surface area contributed by atoms with Crippen molar-refractivity contribution in [2.45, 2.75) is 32.4 Å². The summed E-state index contributed by atoms with van der Waals surface area (Å²) in [6.07, 6.45) is 0.647. The van der Waals surface area contributed by atoms with Crippen molar-refractivity contribution < 1.29 is 4.79 Å². The van der Waals surface area contributed by atoms with Crippen molar-refractivity contribution in [3.63, 3.8) is 0 Å². The topological polar surface area (TPSA) is 55.1 Å². The molecule has 2 rings (SSSR count). The smallest absolute Gasteiger partial charge is 0.237 e. The van der Waals surface area contributed by atoms with Crippen LogP contribution >= 0.6 is 0 Å². The van der Waals surface area contributed by atoms with E-state index < -0.39 is 6.04 Å². The van der Waals surface area contributed by atoms with E-state index in [1.807, 2.05) is 38.1 Å². The first kappa shape index (κ1) is 13.6. The third-order valence-electron chi connectivity index (χ3n) is 3.43. The number of carbonyl (C=O) groups excluding carboxylic acids is 1. The normalized spacial score (nSPS) is 14.1. The summed E-state index contributed by atoms with van der Waals surface area (Å²) in [5.74, 6) is -0.0945. The molecule has 0 aromatic heterocycles. The predicted molar refractivity (Wildman–Crippen MR) is 78.8 cm³/mol. The number of nitrogens with one attached hydrogen (secondary N) is 1. The maximum Gasteiger partial charge on any atom is 0.237 e. The zero-order valence-electron chi connectivity index (χ0n) is 11.4. The second-order valence-corrected chi connectivity index (χ2v) is 4.81. The van der Waals surface area contributed by atoms with Gasteiger partial charge in [-0.05, 0) is 29.7 Å². The number of amides is 1. The Hall–Kier alpha value is -1.87. The number of hydrogen-bond donors (Lipinski definition) is 2. The summed E-state index contributed by atoms with van der Waals surface area (Å²) in [7, 11) is 0. The van der Waals surface area contributed by atoms with Crippen LogP contribution in [0.5, 0.6) is 0 Å². The van der Waals surface area contributed by atoms with Gasteiger partial charge in [0.1, 0.15) is 0 Å². The molecule has 0 aliphatic rings. The van der Waals surface area contributed by atoms with Gasteiger partial charge in [0.05, 0.1) is 12.1 Å². The number of carbonyl (C=O) groups is 1. The molecule has 1 amide bonds. The SMILES string of the molecule is CCC(N)C(=O)NC(C)c1cccc2ccccc12. The Bertz CT molecular complexity index is 574. The monoisotopic (exact) mass is 256 g/mol. The van der Waals surface area contributed by atoms with Gasteiger partial charge in [-0.25, -0.2) is 0 Å².